The van der Waals surface area contributed by atoms with Gasteiger partial charge in [-0.2, -0.15) is 0 Å². The van der Waals surface area contributed by atoms with Gasteiger partial charge in [0, 0.05) is 18.4 Å². The Labute approximate surface area is 218 Å². The Morgan fingerprint density at radius 1 is 1.19 bits per heavy atom. The number of hydrogen-bond acceptors (Lipinski definition) is 4. The minimum absolute atomic E-state index is 0.0754. The highest BCUT2D eigenvalue weighted by Crippen LogP contribution is 2.60. The molecule has 1 N–H and O–H groups in total. The van der Waals surface area contributed by atoms with Crippen LogP contribution in [0.3, 0.4) is 0 Å². The van der Waals surface area contributed by atoms with Gasteiger partial charge >= 0.3 is 0 Å². The molecule has 0 radical (unpaired) electrons. The van der Waals surface area contributed by atoms with Crippen LogP contribution in [-0.2, 0) is 0 Å². The SMILES string of the molecule is COc1cc(OC)c2c(c1)[C@@H]([C@H](O)/C=C(\C)CC[C@H]1C(C)=CC[C@H]3C(C)(C)CCC[C@]13C)CCC2=O. The minimum Gasteiger partial charge on any atom is -0.497 e. The Bertz CT molecular complexity index is 1050. The van der Waals surface area contributed by atoms with E-state index in [2.05, 4.69) is 40.7 Å². The Kier molecular flexibility index (Phi) is 7.76. The van der Waals surface area contributed by atoms with E-state index < -0.39 is 6.10 Å². The van der Waals surface area contributed by atoms with Gasteiger partial charge in [0.15, 0.2) is 5.78 Å². The molecule has 198 valence electrons. The first-order valence-electron chi connectivity index (χ1n) is 13.8. The van der Waals surface area contributed by atoms with Crippen molar-refractivity contribution in [1.82, 2.24) is 0 Å². The maximum atomic E-state index is 12.7. The Morgan fingerprint density at radius 2 is 1.94 bits per heavy atom. The van der Waals surface area contributed by atoms with Crippen LogP contribution < -0.4 is 9.47 Å². The summed E-state index contributed by atoms with van der Waals surface area (Å²) in [4.78, 5) is 12.7. The van der Waals surface area contributed by atoms with E-state index in [0.29, 0.717) is 46.7 Å². The van der Waals surface area contributed by atoms with E-state index in [1.807, 2.05) is 12.1 Å². The summed E-state index contributed by atoms with van der Waals surface area (Å²) in [5.41, 5.74) is 4.97. The highest BCUT2D eigenvalue weighted by molar-refractivity contribution is 6.01. The molecule has 0 aromatic heterocycles. The number of aliphatic hydroxyl groups is 1. The third-order valence-corrected chi connectivity index (χ3v) is 9.91. The quantitative estimate of drug-likeness (QED) is 0.396. The number of rotatable bonds is 7. The molecular formula is C32H46O4. The molecule has 0 saturated heterocycles. The summed E-state index contributed by atoms with van der Waals surface area (Å²) in [6.07, 6.45) is 12.2. The number of fused-ring (bicyclic) bond motifs is 2. The van der Waals surface area contributed by atoms with E-state index in [9.17, 15) is 9.90 Å². The molecule has 3 aliphatic carbocycles. The van der Waals surface area contributed by atoms with Crippen molar-refractivity contribution >= 4 is 5.78 Å². The molecular weight excluding hydrogens is 448 g/mol. The van der Waals surface area contributed by atoms with Crippen LogP contribution in [0.15, 0.2) is 35.4 Å². The van der Waals surface area contributed by atoms with Gasteiger partial charge in [-0.1, -0.05) is 50.5 Å². The summed E-state index contributed by atoms with van der Waals surface area (Å²) in [7, 11) is 3.19. The van der Waals surface area contributed by atoms with Gasteiger partial charge in [0.1, 0.15) is 11.5 Å². The van der Waals surface area contributed by atoms with Crippen LogP contribution in [0, 0.1) is 22.7 Å². The maximum absolute atomic E-state index is 12.7. The summed E-state index contributed by atoms with van der Waals surface area (Å²) in [6.45, 7) is 12.0. The summed E-state index contributed by atoms with van der Waals surface area (Å²) in [5, 5.41) is 11.3. The smallest absolute Gasteiger partial charge is 0.166 e. The highest BCUT2D eigenvalue weighted by Gasteiger charge is 2.51. The monoisotopic (exact) mass is 494 g/mol. The number of ketones is 1. The molecule has 5 atom stereocenters. The van der Waals surface area contributed by atoms with Gasteiger partial charge in [0.25, 0.3) is 0 Å². The van der Waals surface area contributed by atoms with Gasteiger partial charge in [-0.05, 0) is 86.7 Å². The van der Waals surface area contributed by atoms with Gasteiger partial charge < -0.3 is 14.6 Å². The molecule has 4 heteroatoms. The summed E-state index contributed by atoms with van der Waals surface area (Å²) >= 11 is 0. The summed E-state index contributed by atoms with van der Waals surface area (Å²) in [5.74, 6) is 2.45. The number of allylic oxidation sites excluding steroid dienone is 3. The lowest BCUT2D eigenvalue weighted by Crippen LogP contribution is -2.48. The molecule has 1 aromatic carbocycles. The van der Waals surface area contributed by atoms with Crippen LogP contribution in [0.5, 0.6) is 11.5 Å². The topological polar surface area (TPSA) is 55.8 Å². The number of methoxy groups -OCH3 is 2. The molecule has 36 heavy (non-hydrogen) atoms. The van der Waals surface area contributed by atoms with Gasteiger partial charge in [-0.25, -0.2) is 0 Å². The third kappa shape index (κ3) is 4.90. The molecule has 4 nitrogen and oxygen atoms in total. The fourth-order valence-corrected chi connectivity index (χ4v) is 7.96. The molecule has 0 unspecified atom stereocenters. The van der Waals surface area contributed by atoms with Crippen molar-refractivity contribution < 1.29 is 19.4 Å². The zero-order chi connectivity index (χ0) is 26.3. The first-order valence-corrected chi connectivity index (χ1v) is 13.8. The number of aliphatic hydroxyl groups excluding tert-OH is 1. The standard InChI is InChI=1S/C32H46O4/c1-20(9-12-25-21(2)10-14-29-31(3,4)15-8-16-32(25,29)5)17-27(34)23-11-13-26(33)30-24(23)18-22(35-6)19-28(30)36-7/h10,17-19,23,25,27,29,34H,8-9,11-16H2,1-7H3/b20-17+/t23-,25-,27+,29-,32+/m0/s1. The van der Waals surface area contributed by atoms with E-state index in [4.69, 9.17) is 9.47 Å². The second-order valence-electron chi connectivity index (χ2n) is 12.5. The van der Waals surface area contributed by atoms with Crippen molar-refractivity contribution in [3.63, 3.8) is 0 Å². The minimum atomic E-state index is -0.645. The molecule has 4 rings (SSSR count). The molecule has 0 spiro atoms. The fourth-order valence-electron chi connectivity index (χ4n) is 7.96. The van der Waals surface area contributed by atoms with Crippen LogP contribution in [0.1, 0.15) is 108 Å². The van der Waals surface area contributed by atoms with Crippen molar-refractivity contribution in [3.8, 4) is 11.5 Å². The predicted molar refractivity (Wildman–Crippen MR) is 146 cm³/mol. The van der Waals surface area contributed by atoms with E-state index >= 15 is 0 Å². The van der Waals surface area contributed by atoms with Crippen molar-refractivity contribution in [2.24, 2.45) is 22.7 Å². The lowest BCUT2D eigenvalue weighted by atomic mass is 9.48. The first kappa shape index (κ1) is 27.0. The number of Topliss-reactive ketones (excluding diaryl/α,β-unsaturated/α-hetero) is 1. The maximum Gasteiger partial charge on any atom is 0.166 e. The van der Waals surface area contributed by atoms with Crippen molar-refractivity contribution in [2.75, 3.05) is 14.2 Å². The number of carbonyl (C=O) groups excluding carboxylic acids is 1. The molecule has 1 saturated carbocycles. The Morgan fingerprint density at radius 3 is 2.64 bits per heavy atom. The van der Waals surface area contributed by atoms with Crippen molar-refractivity contribution in [1.29, 1.82) is 0 Å². The summed E-state index contributed by atoms with van der Waals surface area (Å²) in [6, 6.07) is 3.65. The average molecular weight is 495 g/mol. The van der Waals surface area contributed by atoms with Crippen molar-refractivity contribution in [2.45, 2.75) is 98.0 Å². The highest BCUT2D eigenvalue weighted by atomic mass is 16.5. The van der Waals surface area contributed by atoms with Crippen LogP contribution in [0.4, 0.5) is 0 Å². The molecule has 0 heterocycles. The van der Waals surface area contributed by atoms with Crippen LogP contribution >= 0.6 is 0 Å². The van der Waals surface area contributed by atoms with Crippen LogP contribution in [-0.4, -0.2) is 31.2 Å². The van der Waals surface area contributed by atoms with E-state index in [0.717, 1.165) is 24.3 Å². The zero-order valence-corrected chi connectivity index (χ0v) is 23.4. The Balaban J connectivity index is 1.52. The molecule has 3 aliphatic rings. The molecule has 1 fully saturated rings. The predicted octanol–water partition coefficient (Wildman–Crippen LogP) is 7.65. The normalized spacial score (nSPS) is 30.7. The number of hydrogen-bond donors (Lipinski definition) is 1. The van der Waals surface area contributed by atoms with Gasteiger partial charge in [-0.3, -0.25) is 4.79 Å². The fraction of sp³-hybridized carbons (Fsp3) is 0.656. The first-order chi connectivity index (χ1) is 17.0. The van der Waals surface area contributed by atoms with Crippen LogP contribution in [0.25, 0.3) is 0 Å². The number of ether oxygens (including phenoxy) is 2. The lowest BCUT2D eigenvalue weighted by Gasteiger charge is -2.57. The number of benzene rings is 1. The largest absolute Gasteiger partial charge is 0.497 e. The molecule has 0 amide bonds. The third-order valence-electron chi connectivity index (χ3n) is 9.91. The van der Waals surface area contributed by atoms with E-state index in [1.165, 1.54) is 31.3 Å². The van der Waals surface area contributed by atoms with E-state index in [-0.39, 0.29) is 11.7 Å². The van der Waals surface area contributed by atoms with Gasteiger partial charge in [0.05, 0.1) is 25.9 Å². The Hall–Kier alpha value is -2.07. The second kappa shape index (κ2) is 10.4. The second-order valence-corrected chi connectivity index (χ2v) is 12.5. The van der Waals surface area contributed by atoms with Gasteiger partial charge in [-0.15, -0.1) is 0 Å². The average Bonchev–Trinajstić information content (AvgIpc) is 2.82. The van der Waals surface area contributed by atoms with E-state index in [1.54, 1.807) is 25.9 Å². The van der Waals surface area contributed by atoms with Crippen molar-refractivity contribution in [3.05, 3.63) is 46.6 Å². The van der Waals surface area contributed by atoms with Gasteiger partial charge in [0.2, 0.25) is 0 Å². The summed E-state index contributed by atoms with van der Waals surface area (Å²) < 4.78 is 11.0. The lowest BCUT2D eigenvalue weighted by molar-refractivity contribution is -0.0390. The zero-order valence-electron chi connectivity index (χ0n) is 23.4. The van der Waals surface area contributed by atoms with Crippen LogP contribution in [0.2, 0.25) is 0 Å². The molecule has 0 aliphatic heterocycles. The molecule has 1 aromatic rings. The number of carbonyl (C=O) groups is 1. The molecule has 0 bridgehead atoms.